The van der Waals surface area contributed by atoms with Crippen LogP contribution < -0.4 is 11.3 Å². The van der Waals surface area contributed by atoms with Crippen LogP contribution in [0.2, 0.25) is 0 Å². The Kier molecular flexibility index (Phi) is 6.69. The van der Waals surface area contributed by atoms with Gasteiger partial charge in [-0.25, -0.2) is 0 Å². The maximum Gasteiger partial charge on any atom is 0.0543 e. The summed E-state index contributed by atoms with van der Waals surface area (Å²) in [6.07, 6.45) is 11.2. The van der Waals surface area contributed by atoms with E-state index in [-0.39, 0.29) is 0 Å². The van der Waals surface area contributed by atoms with E-state index < -0.39 is 0 Å². The van der Waals surface area contributed by atoms with Gasteiger partial charge in [0.2, 0.25) is 0 Å². The van der Waals surface area contributed by atoms with Crippen LogP contribution in [0.4, 0.5) is 0 Å². The Morgan fingerprint density at radius 2 is 2.19 bits per heavy atom. The van der Waals surface area contributed by atoms with E-state index in [4.69, 9.17) is 10.6 Å². The lowest BCUT2D eigenvalue weighted by Gasteiger charge is -2.20. The van der Waals surface area contributed by atoms with Gasteiger partial charge in [0, 0.05) is 13.2 Å². The molecule has 0 spiro atoms. The Hall–Kier alpha value is -0.380. The van der Waals surface area contributed by atoms with Crippen LogP contribution in [0.25, 0.3) is 0 Å². The molecule has 0 aromatic rings. The Morgan fingerprint density at radius 3 is 2.88 bits per heavy atom. The van der Waals surface area contributed by atoms with Crippen LogP contribution >= 0.6 is 0 Å². The van der Waals surface area contributed by atoms with Gasteiger partial charge in [-0.3, -0.25) is 11.3 Å². The van der Waals surface area contributed by atoms with E-state index >= 15 is 0 Å². The predicted octanol–water partition coefficient (Wildman–Crippen LogP) is 2.52. The van der Waals surface area contributed by atoms with Crippen LogP contribution in [-0.2, 0) is 4.74 Å². The lowest BCUT2D eigenvalue weighted by Crippen LogP contribution is -2.37. The van der Waals surface area contributed by atoms with Gasteiger partial charge in [-0.15, -0.1) is 0 Å². The molecule has 0 aliphatic heterocycles. The number of methoxy groups -OCH3 is 1. The van der Waals surface area contributed by atoms with Crippen molar-refractivity contribution in [2.45, 2.75) is 64.0 Å². The van der Waals surface area contributed by atoms with E-state index in [2.05, 4.69) is 18.4 Å². The summed E-state index contributed by atoms with van der Waals surface area (Å²) in [5.74, 6) is 5.65. The molecule has 3 N–H and O–H groups in total. The molecular weight excluding hydrogens is 200 g/mol. The summed E-state index contributed by atoms with van der Waals surface area (Å²) in [5.41, 5.74) is 4.46. The van der Waals surface area contributed by atoms with Crippen molar-refractivity contribution in [2.24, 2.45) is 5.84 Å². The molecule has 0 radical (unpaired) electrons. The molecule has 2 atom stereocenters. The standard InChI is InChI=1S/C13H26N2O/c1-11(16-2)9-10-13(15-14)12-7-5-3-4-6-8-12/h7,11,13,15H,3-6,8-10,14H2,1-2H3. The van der Waals surface area contributed by atoms with E-state index in [9.17, 15) is 0 Å². The summed E-state index contributed by atoms with van der Waals surface area (Å²) >= 11 is 0. The van der Waals surface area contributed by atoms with Crippen molar-refractivity contribution in [1.82, 2.24) is 5.43 Å². The molecule has 0 aromatic carbocycles. The van der Waals surface area contributed by atoms with Gasteiger partial charge in [0.1, 0.15) is 0 Å². The van der Waals surface area contributed by atoms with Gasteiger partial charge >= 0.3 is 0 Å². The molecule has 0 aromatic heterocycles. The first-order chi connectivity index (χ1) is 7.77. The van der Waals surface area contributed by atoms with Gasteiger partial charge in [0.25, 0.3) is 0 Å². The molecule has 1 rings (SSSR count). The van der Waals surface area contributed by atoms with Crippen molar-refractivity contribution in [2.75, 3.05) is 7.11 Å². The van der Waals surface area contributed by atoms with Gasteiger partial charge in [0.05, 0.1) is 6.10 Å². The summed E-state index contributed by atoms with van der Waals surface area (Å²) in [6.45, 7) is 2.11. The molecule has 0 saturated heterocycles. The van der Waals surface area contributed by atoms with Crippen LogP contribution in [0.3, 0.4) is 0 Å². The maximum atomic E-state index is 5.65. The summed E-state index contributed by atoms with van der Waals surface area (Å²) in [6, 6.07) is 0.343. The Bertz CT molecular complexity index is 216. The number of hydrogen-bond acceptors (Lipinski definition) is 3. The van der Waals surface area contributed by atoms with Gasteiger partial charge in [-0.05, 0) is 45.4 Å². The van der Waals surface area contributed by atoms with Crippen LogP contribution in [0.15, 0.2) is 11.6 Å². The third kappa shape index (κ3) is 4.64. The number of nitrogens with one attached hydrogen (secondary N) is 1. The fourth-order valence-corrected chi connectivity index (χ4v) is 2.25. The second-order valence-corrected chi connectivity index (χ2v) is 4.72. The summed E-state index contributed by atoms with van der Waals surface area (Å²) in [4.78, 5) is 0. The van der Waals surface area contributed by atoms with Crippen LogP contribution in [0, 0.1) is 0 Å². The minimum atomic E-state index is 0.322. The minimum absolute atomic E-state index is 0.322. The number of hydrazine groups is 1. The Balaban J connectivity index is 2.42. The highest BCUT2D eigenvalue weighted by Crippen LogP contribution is 2.22. The summed E-state index contributed by atoms with van der Waals surface area (Å²) in [5, 5.41) is 0. The van der Waals surface area contributed by atoms with Gasteiger partial charge in [0.15, 0.2) is 0 Å². The highest BCUT2D eigenvalue weighted by Gasteiger charge is 2.15. The van der Waals surface area contributed by atoms with E-state index in [1.54, 1.807) is 7.11 Å². The molecule has 16 heavy (non-hydrogen) atoms. The number of nitrogens with two attached hydrogens (primary N) is 1. The number of rotatable bonds is 6. The third-order valence-corrected chi connectivity index (χ3v) is 3.49. The lowest BCUT2D eigenvalue weighted by molar-refractivity contribution is 0.107. The van der Waals surface area contributed by atoms with Crippen LogP contribution in [0.5, 0.6) is 0 Å². The average molecular weight is 226 g/mol. The molecule has 0 heterocycles. The molecule has 3 heteroatoms. The maximum absolute atomic E-state index is 5.65. The SMILES string of the molecule is COC(C)CCC(NN)C1=CCCCCC1. The topological polar surface area (TPSA) is 47.3 Å². The lowest BCUT2D eigenvalue weighted by atomic mass is 9.97. The second kappa shape index (κ2) is 7.82. The molecule has 0 bridgehead atoms. The molecule has 3 nitrogen and oxygen atoms in total. The van der Waals surface area contributed by atoms with E-state index in [1.165, 1.54) is 37.7 Å². The molecule has 0 fully saturated rings. The van der Waals surface area contributed by atoms with Crippen molar-refractivity contribution >= 4 is 0 Å². The van der Waals surface area contributed by atoms with Crippen molar-refractivity contribution in [3.63, 3.8) is 0 Å². The molecule has 0 amide bonds. The van der Waals surface area contributed by atoms with Gasteiger partial charge < -0.3 is 4.74 Å². The average Bonchev–Trinajstić information content (AvgIpc) is 2.58. The smallest absolute Gasteiger partial charge is 0.0543 e. The quantitative estimate of drug-likeness (QED) is 0.415. The monoisotopic (exact) mass is 226 g/mol. The van der Waals surface area contributed by atoms with Gasteiger partial charge in [-0.1, -0.05) is 18.1 Å². The Morgan fingerprint density at radius 1 is 1.38 bits per heavy atom. The fourth-order valence-electron chi connectivity index (χ4n) is 2.25. The third-order valence-electron chi connectivity index (χ3n) is 3.49. The zero-order chi connectivity index (χ0) is 11.8. The van der Waals surface area contributed by atoms with Crippen molar-refractivity contribution in [3.8, 4) is 0 Å². The molecule has 94 valence electrons. The molecule has 0 saturated carbocycles. The molecule has 2 unspecified atom stereocenters. The first-order valence-corrected chi connectivity index (χ1v) is 6.45. The zero-order valence-electron chi connectivity index (χ0n) is 10.7. The summed E-state index contributed by atoms with van der Waals surface area (Å²) in [7, 11) is 1.76. The summed E-state index contributed by atoms with van der Waals surface area (Å²) < 4.78 is 5.27. The number of hydrogen-bond donors (Lipinski definition) is 2. The second-order valence-electron chi connectivity index (χ2n) is 4.72. The van der Waals surface area contributed by atoms with Gasteiger partial charge in [-0.2, -0.15) is 0 Å². The molecule has 1 aliphatic rings. The molecule has 1 aliphatic carbocycles. The highest BCUT2D eigenvalue weighted by atomic mass is 16.5. The minimum Gasteiger partial charge on any atom is -0.382 e. The zero-order valence-corrected chi connectivity index (χ0v) is 10.7. The number of allylic oxidation sites excluding steroid dienone is 1. The first-order valence-electron chi connectivity index (χ1n) is 6.45. The van der Waals surface area contributed by atoms with E-state index in [0.29, 0.717) is 12.1 Å². The number of ether oxygens (including phenoxy) is 1. The highest BCUT2D eigenvalue weighted by molar-refractivity contribution is 5.11. The molecular formula is C13H26N2O. The first kappa shape index (κ1) is 13.7. The fraction of sp³-hybridized carbons (Fsp3) is 0.846. The van der Waals surface area contributed by atoms with Crippen molar-refractivity contribution in [1.29, 1.82) is 0 Å². The van der Waals surface area contributed by atoms with E-state index in [1.807, 2.05) is 0 Å². The van der Waals surface area contributed by atoms with Crippen molar-refractivity contribution in [3.05, 3.63) is 11.6 Å². The largest absolute Gasteiger partial charge is 0.382 e. The Labute approximate surface area is 99.4 Å². The van der Waals surface area contributed by atoms with E-state index in [0.717, 1.165) is 12.8 Å². The normalized spacial score (nSPS) is 21.1. The van der Waals surface area contributed by atoms with Crippen molar-refractivity contribution < 1.29 is 4.74 Å². The predicted molar refractivity (Wildman–Crippen MR) is 68.0 cm³/mol. The van der Waals surface area contributed by atoms with Crippen LogP contribution in [-0.4, -0.2) is 19.3 Å². The van der Waals surface area contributed by atoms with Crippen LogP contribution in [0.1, 0.15) is 51.9 Å².